The average molecular weight is 184 g/mol. The van der Waals surface area contributed by atoms with Gasteiger partial charge < -0.3 is 15.4 Å². The largest absolute Gasteiger partial charge is 0.400 e. The number of hydrogen-bond donors (Lipinski definition) is 3. The first-order chi connectivity index (χ1) is 5.06. The van der Waals surface area contributed by atoms with Crippen molar-refractivity contribution in [1.29, 1.82) is 0 Å². The molecule has 0 heterocycles. The van der Waals surface area contributed by atoms with E-state index in [9.17, 15) is 4.57 Å². The van der Waals surface area contributed by atoms with Crippen molar-refractivity contribution in [2.45, 2.75) is 0 Å². The average Bonchev–Trinajstić information content (AvgIpc) is 1.85. The van der Waals surface area contributed by atoms with Crippen molar-refractivity contribution in [3.05, 3.63) is 0 Å². The van der Waals surface area contributed by atoms with Gasteiger partial charge in [-0.3, -0.25) is 4.52 Å². The molecule has 0 aliphatic carbocycles. The summed E-state index contributed by atoms with van der Waals surface area (Å²) in [5, 5.41) is 0. The summed E-state index contributed by atoms with van der Waals surface area (Å²) in [4.78, 5) is 8.41. The molecule has 0 aliphatic rings. The molecule has 7 heteroatoms. The van der Waals surface area contributed by atoms with Crippen molar-refractivity contribution >= 4 is 7.75 Å². The summed E-state index contributed by atoms with van der Waals surface area (Å²) < 4.78 is 19.4. The topological polar surface area (TPSA) is 108 Å². The first-order valence-corrected chi connectivity index (χ1v) is 4.74. The minimum Gasteiger partial charge on any atom is -0.378 e. The van der Waals surface area contributed by atoms with Crippen LogP contribution in [-0.2, 0) is 13.8 Å². The Hall–Kier alpha value is 0.0300. The van der Waals surface area contributed by atoms with E-state index in [1.807, 2.05) is 0 Å². The lowest BCUT2D eigenvalue weighted by molar-refractivity contribution is 0.101. The van der Waals surface area contributed by atoms with Gasteiger partial charge in [0.15, 0.2) is 0 Å². The molecule has 0 aromatic rings. The van der Waals surface area contributed by atoms with Gasteiger partial charge in [-0.25, -0.2) is 10.1 Å². The molecule has 0 aliphatic heterocycles. The maximum Gasteiger partial charge on any atom is 0.400 e. The highest BCUT2D eigenvalue weighted by Gasteiger charge is 2.09. The summed E-state index contributed by atoms with van der Waals surface area (Å²) in [6, 6.07) is 0. The molecule has 0 saturated heterocycles. The van der Waals surface area contributed by atoms with Crippen LogP contribution in [0.3, 0.4) is 0 Å². The van der Waals surface area contributed by atoms with E-state index in [1.165, 1.54) is 0 Å². The van der Waals surface area contributed by atoms with Gasteiger partial charge in [0.2, 0.25) is 0 Å². The maximum atomic E-state index is 10.3. The van der Waals surface area contributed by atoms with Crippen LogP contribution in [0.15, 0.2) is 0 Å². The summed E-state index contributed by atoms with van der Waals surface area (Å²) in [5.41, 5.74) is 9.76. The molecule has 0 rings (SSSR count). The van der Waals surface area contributed by atoms with Gasteiger partial charge in [0, 0.05) is 6.54 Å². The lowest BCUT2D eigenvalue weighted by Gasteiger charge is -2.05. The third kappa shape index (κ3) is 10.0. The van der Waals surface area contributed by atoms with Crippen LogP contribution in [0, 0.1) is 0 Å². The first kappa shape index (κ1) is 11.0. The lowest BCUT2D eigenvalue weighted by Crippen LogP contribution is -2.12. The zero-order valence-electron chi connectivity index (χ0n) is 6.10. The lowest BCUT2D eigenvalue weighted by atomic mass is 10.7. The van der Waals surface area contributed by atoms with Crippen molar-refractivity contribution in [1.82, 2.24) is 0 Å². The van der Waals surface area contributed by atoms with Crippen LogP contribution in [0.2, 0.25) is 0 Å². The van der Waals surface area contributed by atoms with Crippen LogP contribution in [0.25, 0.3) is 0 Å². The van der Waals surface area contributed by atoms with Crippen LogP contribution in [0.4, 0.5) is 0 Å². The third-order valence-corrected chi connectivity index (χ3v) is 1.32. The molecule has 1 unspecified atom stereocenters. The zero-order valence-corrected chi connectivity index (χ0v) is 7.00. The van der Waals surface area contributed by atoms with E-state index in [0.29, 0.717) is 13.2 Å². The molecule has 0 saturated carbocycles. The van der Waals surface area contributed by atoms with Gasteiger partial charge in [-0.1, -0.05) is 0 Å². The molecular weight excluding hydrogens is 171 g/mol. The number of hydrogen-bond acceptors (Lipinski definition) is 4. The molecule has 0 spiro atoms. The second-order valence-corrected chi connectivity index (χ2v) is 3.18. The van der Waals surface area contributed by atoms with Gasteiger partial charge in [0.25, 0.3) is 0 Å². The fourth-order valence-electron chi connectivity index (χ4n) is 0.412. The monoisotopic (exact) mass is 184 g/mol. The Morgan fingerprint density at radius 1 is 1.36 bits per heavy atom. The normalized spacial score (nSPS) is 16.3. The van der Waals surface area contributed by atoms with Crippen LogP contribution in [-0.4, -0.2) is 31.3 Å². The van der Waals surface area contributed by atoms with Gasteiger partial charge >= 0.3 is 7.75 Å². The zero-order chi connectivity index (χ0) is 8.74. The van der Waals surface area contributed by atoms with Crippen molar-refractivity contribution in [2.75, 3.05) is 26.4 Å². The predicted molar refractivity (Wildman–Crippen MR) is 39.8 cm³/mol. The SMILES string of the molecule is NCCOCCOP(N)(=O)O. The van der Waals surface area contributed by atoms with Gasteiger partial charge in [-0.05, 0) is 0 Å². The Kier molecular flexibility index (Phi) is 5.67. The molecule has 6 nitrogen and oxygen atoms in total. The van der Waals surface area contributed by atoms with E-state index in [4.69, 9.17) is 15.4 Å². The second kappa shape index (κ2) is 5.65. The predicted octanol–water partition coefficient (Wildman–Crippen LogP) is -0.963. The molecule has 1 atom stereocenters. The van der Waals surface area contributed by atoms with Crippen molar-refractivity contribution in [2.24, 2.45) is 11.2 Å². The molecular formula is C4H13N2O4P. The molecule has 0 aromatic carbocycles. The number of nitrogens with two attached hydrogens (primary N) is 2. The molecule has 0 aromatic heterocycles. The molecule has 68 valence electrons. The Morgan fingerprint density at radius 3 is 2.45 bits per heavy atom. The minimum absolute atomic E-state index is 0.00424. The Bertz CT molecular complexity index is 136. The molecule has 0 fully saturated rings. The molecule has 5 N–H and O–H groups in total. The van der Waals surface area contributed by atoms with Crippen molar-refractivity contribution < 1.29 is 18.7 Å². The van der Waals surface area contributed by atoms with E-state index < -0.39 is 7.75 Å². The summed E-state index contributed by atoms with van der Waals surface area (Å²) in [6.45, 7) is 1.05. The van der Waals surface area contributed by atoms with Gasteiger partial charge in [-0.15, -0.1) is 0 Å². The smallest absolute Gasteiger partial charge is 0.378 e. The highest BCUT2D eigenvalue weighted by Crippen LogP contribution is 2.30. The number of rotatable bonds is 6. The van der Waals surface area contributed by atoms with Crippen LogP contribution in [0.1, 0.15) is 0 Å². The highest BCUT2D eigenvalue weighted by atomic mass is 31.2. The van der Waals surface area contributed by atoms with E-state index in [-0.39, 0.29) is 13.2 Å². The van der Waals surface area contributed by atoms with E-state index in [2.05, 4.69) is 10.0 Å². The molecule has 0 radical (unpaired) electrons. The van der Waals surface area contributed by atoms with E-state index in [0.717, 1.165) is 0 Å². The number of ether oxygens (including phenoxy) is 1. The summed E-state index contributed by atoms with van der Waals surface area (Å²) in [6.07, 6.45) is 0. The van der Waals surface area contributed by atoms with Gasteiger partial charge in [-0.2, -0.15) is 0 Å². The fraction of sp³-hybridized carbons (Fsp3) is 1.00. The third-order valence-electron chi connectivity index (χ3n) is 0.766. The van der Waals surface area contributed by atoms with Gasteiger partial charge in [0.05, 0.1) is 19.8 Å². The standard InChI is InChI=1S/C4H13N2O4P/c5-1-2-9-3-4-10-11(6,7)8/h1-5H2,(H3,6,7,8). The fourth-order valence-corrected chi connectivity index (χ4v) is 0.749. The quantitative estimate of drug-likeness (QED) is 0.362. The minimum atomic E-state index is -3.83. The molecule has 11 heavy (non-hydrogen) atoms. The highest BCUT2D eigenvalue weighted by molar-refractivity contribution is 7.50. The summed E-state index contributed by atoms with van der Waals surface area (Å²) >= 11 is 0. The Labute approximate surface area is 65.1 Å². The second-order valence-electron chi connectivity index (χ2n) is 1.80. The maximum absolute atomic E-state index is 10.3. The van der Waals surface area contributed by atoms with E-state index >= 15 is 0 Å². The molecule has 0 amide bonds. The Balaban J connectivity index is 3.09. The summed E-state index contributed by atoms with van der Waals surface area (Å²) in [7, 11) is -3.83. The van der Waals surface area contributed by atoms with E-state index in [1.54, 1.807) is 0 Å². The van der Waals surface area contributed by atoms with Gasteiger partial charge in [0.1, 0.15) is 0 Å². The van der Waals surface area contributed by atoms with Crippen molar-refractivity contribution in [3.63, 3.8) is 0 Å². The van der Waals surface area contributed by atoms with Crippen LogP contribution >= 0.6 is 7.75 Å². The Morgan fingerprint density at radius 2 is 2.00 bits per heavy atom. The van der Waals surface area contributed by atoms with Crippen LogP contribution < -0.4 is 11.2 Å². The first-order valence-electron chi connectivity index (χ1n) is 3.10. The van der Waals surface area contributed by atoms with Crippen LogP contribution in [0.5, 0.6) is 0 Å². The van der Waals surface area contributed by atoms with Crippen molar-refractivity contribution in [3.8, 4) is 0 Å². The molecule has 0 bridgehead atoms. The summed E-state index contributed by atoms with van der Waals surface area (Å²) in [5.74, 6) is 0.